The van der Waals surface area contributed by atoms with Gasteiger partial charge < -0.3 is 34.7 Å². The fraction of sp³-hybridized carbons (Fsp3) is 0.422. The van der Waals surface area contributed by atoms with Crippen LogP contribution in [0.1, 0.15) is 81.6 Å². The van der Waals surface area contributed by atoms with Crippen LogP contribution in [-0.2, 0) is 15.0 Å². The molecule has 2 amide bonds. The van der Waals surface area contributed by atoms with E-state index in [2.05, 4.69) is 48.5 Å². The molecule has 4 aromatic heterocycles. The summed E-state index contributed by atoms with van der Waals surface area (Å²) in [6.45, 7) is 12.9. The number of aromatic hydroxyl groups is 1. The van der Waals surface area contributed by atoms with E-state index >= 15 is 0 Å². The summed E-state index contributed by atoms with van der Waals surface area (Å²) in [7, 11) is 0. The number of carbonyl (C=O) groups excluding carboxylic acids is 2. The Morgan fingerprint density at radius 3 is 2.55 bits per heavy atom. The van der Waals surface area contributed by atoms with Crippen LogP contribution in [0.2, 0.25) is 0 Å². The van der Waals surface area contributed by atoms with Crippen molar-refractivity contribution in [3.63, 3.8) is 0 Å². The Labute approximate surface area is 353 Å². The first kappa shape index (κ1) is 41.1. The van der Waals surface area contributed by atoms with E-state index in [1.54, 1.807) is 29.5 Å². The maximum absolute atomic E-state index is 14.2. The number of piperidine rings is 1. The van der Waals surface area contributed by atoms with Crippen LogP contribution < -0.4 is 10.1 Å². The Balaban J connectivity index is 0.841. The number of hydrogen-bond acceptors (Lipinski definition) is 12. The number of nitrogens with zero attached hydrogens (tertiary/aromatic N) is 6. The molecule has 60 heavy (non-hydrogen) atoms. The Morgan fingerprint density at radius 1 is 1.07 bits per heavy atom. The lowest BCUT2D eigenvalue weighted by Crippen LogP contribution is -2.48. The fourth-order valence-electron chi connectivity index (χ4n) is 8.50. The number of aliphatic hydroxyl groups excluding tert-OH is 1. The molecule has 0 unspecified atom stereocenters. The van der Waals surface area contributed by atoms with Gasteiger partial charge in [-0.25, -0.2) is 4.98 Å². The SMILES string of the molecule is Cc1ncsc1-c1ccc([C@H](C)NC(=O)[C@@H]2C[C@@H](O)CN2C(=O)[C@@H](c2cc(OCCN3CCC(C)(c4cc5cc(-c6ccccc6O)nnc5[nH]4)CC3)no2)C(C)C)cc1. The molecular weight excluding hydrogens is 781 g/mol. The minimum absolute atomic E-state index is 0.0543. The van der Waals surface area contributed by atoms with Crippen LogP contribution in [0.25, 0.3) is 32.7 Å². The van der Waals surface area contributed by atoms with Crippen LogP contribution in [0.15, 0.2) is 76.8 Å². The summed E-state index contributed by atoms with van der Waals surface area (Å²) in [5, 5.41) is 37.9. The Kier molecular flexibility index (Phi) is 11.7. The van der Waals surface area contributed by atoms with E-state index in [4.69, 9.17) is 9.26 Å². The van der Waals surface area contributed by atoms with Crippen LogP contribution in [-0.4, -0.2) is 102 Å². The molecule has 8 rings (SSSR count). The van der Waals surface area contributed by atoms with E-state index < -0.39 is 18.1 Å². The first-order valence-electron chi connectivity index (χ1n) is 20.6. The molecule has 6 aromatic rings. The zero-order valence-electron chi connectivity index (χ0n) is 34.6. The maximum atomic E-state index is 14.2. The second-order valence-electron chi connectivity index (χ2n) is 16.8. The predicted molar refractivity (Wildman–Crippen MR) is 229 cm³/mol. The Morgan fingerprint density at radius 2 is 1.83 bits per heavy atom. The molecule has 2 aliphatic rings. The van der Waals surface area contributed by atoms with E-state index in [1.807, 2.05) is 75.7 Å². The molecule has 314 valence electrons. The van der Waals surface area contributed by atoms with Gasteiger partial charge in [0.05, 0.1) is 33.9 Å². The molecule has 0 saturated carbocycles. The number of nitrogens with one attached hydrogen (secondary N) is 2. The topological polar surface area (TPSA) is 183 Å². The second kappa shape index (κ2) is 17.1. The van der Waals surface area contributed by atoms with Crippen molar-refractivity contribution in [2.24, 2.45) is 5.92 Å². The van der Waals surface area contributed by atoms with Crippen molar-refractivity contribution >= 4 is 34.2 Å². The minimum Gasteiger partial charge on any atom is -0.507 e. The lowest BCUT2D eigenvalue weighted by Gasteiger charge is -2.38. The largest absolute Gasteiger partial charge is 0.507 e. The summed E-state index contributed by atoms with van der Waals surface area (Å²) in [5.41, 5.74) is 7.87. The molecule has 0 aliphatic carbocycles. The lowest BCUT2D eigenvalue weighted by molar-refractivity contribution is -0.141. The number of β-amino-alcohol motifs (C(OH)–C–C–N with tert-alkyl or cyclic N) is 1. The number of thiazole rings is 1. The average Bonchev–Trinajstić information content (AvgIpc) is 4.06. The van der Waals surface area contributed by atoms with Crippen molar-refractivity contribution in [1.82, 2.24) is 40.4 Å². The van der Waals surface area contributed by atoms with E-state index in [1.165, 1.54) is 4.90 Å². The summed E-state index contributed by atoms with van der Waals surface area (Å²) >= 11 is 1.59. The van der Waals surface area contributed by atoms with Crippen LogP contribution in [0.5, 0.6) is 11.6 Å². The third-order valence-corrected chi connectivity index (χ3v) is 13.2. The minimum atomic E-state index is -0.826. The van der Waals surface area contributed by atoms with Crippen LogP contribution in [0, 0.1) is 12.8 Å². The molecule has 2 aromatic carbocycles. The number of hydrogen-bond donors (Lipinski definition) is 4. The highest BCUT2D eigenvalue weighted by Crippen LogP contribution is 2.38. The third-order valence-electron chi connectivity index (χ3n) is 12.2. The molecule has 0 bridgehead atoms. The Hall–Kier alpha value is -5.64. The molecule has 2 fully saturated rings. The Bertz CT molecular complexity index is 2450. The monoisotopic (exact) mass is 832 g/mol. The molecule has 0 spiro atoms. The number of carbonyl (C=O) groups is 2. The van der Waals surface area contributed by atoms with Crippen molar-refractivity contribution in [2.75, 3.05) is 32.8 Å². The normalized spacial score (nSPS) is 19.1. The number of aromatic amines is 1. The fourth-order valence-corrected chi connectivity index (χ4v) is 9.31. The lowest BCUT2D eigenvalue weighted by atomic mass is 9.77. The molecule has 2 saturated heterocycles. The van der Waals surface area contributed by atoms with Gasteiger partial charge in [-0.15, -0.1) is 21.5 Å². The number of aryl methyl sites for hydroxylation is 1. The summed E-state index contributed by atoms with van der Waals surface area (Å²) < 4.78 is 11.7. The standard InChI is InChI=1S/C45H52N8O6S/c1-26(2)40(44(57)53-24-32(54)22-35(53)43(56)47-27(3)29-10-12-30(13-11-29)41-28(4)46-25-60-41)37-23-39(51-59-37)58-19-18-52-16-14-45(5,15-17-52)38-21-31-20-34(49-50-42(31)48-38)33-8-6-7-9-36(33)55/h6-13,20-21,23,25-27,32,35,40,54-55H,14-19,22,24H2,1-5H3,(H,47,56)(H,48,50)/t27-,32+,35-,40+/m0/s1. The number of phenols is 1. The molecular formula is C45H52N8O6S. The van der Waals surface area contributed by atoms with Gasteiger partial charge in [0.1, 0.15) is 24.3 Å². The number of rotatable bonds is 13. The van der Waals surface area contributed by atoms with Crippen molar-refractivity contribution in [3.05, 3.63) is 95.0 Å². The number of aliphatic hydroxyl groups is 1. The number of amides is 2. The third kappa shape index (κ3) is 8.51. The summed E-state index contributed by atoms with van der Waals surface area (Å²) in [6.07, 6.45) is 1.21. The number of phenolic OH excluding ortho intramolecular Hbond substituents is 1. The van der Waals surface area contributed by atoms with Crippen LogP contribution in [0.3, 0.4) is 0 Å². The van der Waals surface area contributed by atoms with Gasteiger partial charge in [-0.1, -0.05) is 57.2 Å². The van der Waals surface area contributed by atoms with E-state index in [0.29, 0.717) is 36.0 Å². The molecule has 15 heteroatoms. The average molecular weight is 833 g/mol. The predicted octanol–water partition coefficient (Wildman–Crippen LogP) is 6.76. The smallest absolute Gasteiger partial charge is 0.254 e. The second-order valence-corrected chi connectivity index (χ2v) is 17.6. The number of fused-ring (bicyclic) bond motifs is 1. The van der Waals surface area contributed by atoms with E-state index in [9.17, 15) is 19.8 Å². The van der Waals surface area contributed by atoms with Crippen molar-refractivity contribution in [1.29, 1.82) is 0 Å². The number of para-hydroxylation sites is 1. The van der Waals surface area contributed by atoms with Crippen molar-refractivity contribution in [3.8, 4) is 33.3 Å². The molecule has 4 atom stereocenters. The molecule has 14 nitrogen and oxygen atoms in total. The molecule has 4 N–H and O–H groups in total. The highest BCUT2D eigenvalue weighted by molar-refractivity contribution is 7.13. The van der Waals surface area contributed by atoms with Gasteiger partial charge >= 0.3 is 0 Å². The van der Waals surface area contributed by atoms with Gasteiger partial charge in [0.2, 0.25) is 11.8 Å². The maximum Gasteiger partial charge on any atom is 0.254 e. The summed E-state index contributed by atoms with van der Waals surface area (Å²) in [4.78, 5) is 40.7. The summed E-state index contributed by atoms with van der Waals surface area (Å²) in [6, 6.07) is 19.8. The first-order chi connectivity index (χ1) is 28.9. The van der Waals surface area contributed by atoms with E-state index in [0.717, 1.165) is 64.4 Å². The molecule has 2 aliphatic heterocycles. The zero-order valence-corrected chi connectivity index (χ0v) is 35.4. The first-order valence-corrected chi connectivity index (χ1v) is 21.5. The van der Waals surface area contributed by atoms with Gasteiger partial charge in [0.15, 0.2) is 11.4 Å². The van der Waals surface area contributed by atoms with Crippen molar-refractivity contribution < 1.29 is 29.1 Å². The van der Waals surface area contributed by atoms with E-state index in [-0.39, 0.29) is 47.9 Å². The number of benzene rings is 2. The van der Waals surface area contributed by atoms with Crippen LogP contribution in [0.4, 0.5) is 0 Å². The quantitative estimate of drug-likeness (QED) is 0.0965. The van der Waals surface area contributed by atoms with Crippen LogP contribution >= 0.6 is 11.3 Å². The molecule has 6 heterocycles. The highest BCUT2D eigenvalue weighted by atomic mass is 32.1. The number of likely N-dealkylation sites (tertiary alicyclic amines) is 2. The number of aromatic nitrogens is 5. The van der Waals surface area contributed by atoms with Gasteiger partial charge in [0.25, 0.3) is 5.88 Å². The van der Waals surface area contributed by atoms with Gasteiger partial charge in [0, 0.05) is 47.6 Å². The molecule has 0 radical (unpaired) electrons. The van der Waals surface area contributed by atoms with Gasteiger partial charge in [-0.3, -0.25) is 14.5 Å². The van der Waals surface area contributed by atoms with Crippen molar-refractivity contribution in [2.45, 2.75) is 83.4 Å². The highest BCUT2D eigenvalue weighted by Gasteiger charge is 2.43. The number of H-pyrrole nitrogens is 1. The van der Waals surface area contributed by atoms with Gasteiger partial charge in [-0.05, 0) is 86.2 Å². The zero-order chi connectivity index (χ0) is 42.1. The van der Waals surface area contributed by atoms with Gasteiger partial charge in [-0.2, -0.15) is 0 Å². The summed E-state index contributed by atoms with van der Waals surface area (Å²) in [5.74, 6) is -0.670. The number of ether oxygens (including phenoxy) is 1.